The summed E-state index contributed by atoms with van der Waals surface area (Å²) < 4.78 is 0. The van der Waals surface area contributed by atoms with Crippen molar-refractivity contribution in [3.63, 3.8) is 0 Å². The Labute approximate surface area is 134 Å². The number of hydrogen-bond donors (Lipinski definition) is 1. The molecule has 1 aromatic carbocycles. The summed E-state index contributed by atoms with van der Waals surface area (Å²) >= 11 is 1.37. The van der Waals surface area contributed by atoms with E-state index in [9.17, 15) is 4.79 Å². The van der Waals surface area contributed by atoms with E-state index in [-0.39, 0.29) is 11.9 Å². The number of thiazole rings is 1. The molecule has 1 aromatic heterocycles. The monoisotopic (exact) mass is 310 g/mol. The van der Waals surface area contributed by atoms with Gasteiger partial charge in [0.2, 0.25) is 0 Å². The molecular weight excluding hydrogens is 292 g/mol. The number of aromatic nitrogens is 1. The topological polar surface area (TPSA) is 42.0 Å². The van der Waals surface area contributed by atoms with Crippen molar-refractivity contribution < 1.29 is 4.79 Å². The predicted molar refractivity (Wildman–Crippen MR) is 89.9 cm³/mol. The number of rotatable bonds is 3. The van der Waals surface area contributed by atoms with E-state index in [0.29, 0.717) is 10.6 Å². The van der Waals surface area contributed by atoms with E-state index in [1.54, 1.807) is 0 Å². The minimum Gasteiger partial charge on any atom is -0.349 e. The quantitative estimate of drug-likeness (QED) is 0.877. The van der Waals surface area contributed by atoms with Crippen LogP contribution in [-0.4, -0.2) is 16.9 Å². The summed E-state index contributed by atoms with van der Waals surface area (Å²) in [7, 11) is 0. The zero-order valence-electron chi connectivity index (χ0n) is 12.6. The third kappa shape index (κ3) is 3.05. The highest BCUT2D eigenvalue weighted by Crippen LogP contribution is 2.28. The highest BCUT2D eigenvalue weighted by atomic mass is 32.1. The van der Waals surface area contributed by atoms with Crippen LogP contribution in [0.15, 0.2) is 24.3 Å². The van der Waals surface area contributed by atoms with E-state index in [2.05, 4.69) is 16.2 Å². The molecule has 22 heavy (non-hydrogen) atoms. The van der Waals surface area contributed by atoms with Gasteiger partial charge in [-0.15, -0.1) is 17.8 Å². The summed E-state index contributed by atoms with van der Waals surface area (Å²) in [5.41, 5.74) is 2.62. The van der Waals surface area contributed by atoms with Gasteiger partial charge in [0.1, 0.15) is 15.6 Å². The van der Waals surface area contributed by atoms with Crippen molar-refractivity contribution in [3.05, 3.63) is 40.4 Å². The lowest BCUT2D eigenvalue weighted by Crippen LogP contribution is -2.32. The Morgan fingerprint density at radius 1 is 1.32 bits per heavy atom. The molecule has 1 N–H and O–H groups in total. The summed E-state index contributed by atoms with van der Waals surface area (Å²) in [5.74, 6) is 2.45. The smallest absolute Gasteiger partial charge is 0.264 e. The van der Waals surface area contributed by atoms with Gasteiger partial charge in [-0.2, -0.15) is 0 Å². The van der Waals surface area contributed by atoms with Gasteiger partial charge >= 0.3 is 0 Å². The SMILES string of the molecule is C#Cc1nc(-c2ccc(C)cc2)sc1C(=O)NC1CCCC1. The van der Waals surface area contributed by atoms with Gasteiger partial charge in [0.15, 0.2) is 0 Å². The third-order valence-corrected chi connectivity index (χ3v) is 5.06. The Balaban J connectivity index is 1.86. The number of terminal acetylenes is 1. The number of amides is 1. The Hall–Kier alpha value is -2.12. The van der Waals surface area contributed by atoms with E-state index in [4.69, 9.17) is 6.42 Å². The molecule has 0 bridgehead atoms. The lowest BCUT2D eigenvalue weighted by Gasteiger charge is -2.10. The highest BCUT2D eigenvalue weighted by Gasteiger charge is 2.22. The first-order chi connectivity index (χ1) is 10.7. The Morgan fingerprint density at radius 2 is 2.00 bits per heavy atom. The maximum absolute atomic E-state index is 12.4. The number of carbonyl (C=O) groups is 1. The van der Waals surface area contributed by atoms with Crippen LogP contribution in [0.5, 0.6) is 0 Å². The normalized spacial score (nSPS) is 14.7. The largest absolute Gasteiger partial charge is 0.349 e. The van der Waals surface area contributed by atoms with Crippen molar-refractivity contribution in [3.8, 4) is 22.9 Å². The molecule has 1 fully saturated rings. The van der Waals surface area contributed by atoms with Gasteiger partial charge in [-0.3, -0.25) is 4.79 Å². The molecule has 1 saturated carbocycles. The fraction of sp³-hybridized carbons (Fsp3) is 0.333. The Bertz CT molecular complexity index is 719. The average molecular weight is 310 g/mol. The Kier molecular flexibility index (Phi) is 4.26. The molecule has 3 rings (SSSR count). The van der Waals surface area contributed by atoms with Crippen LogP contribution in [-0.2, 0) is 0 Å². The van der Waals surface area contributed by atoms with Gasteiger partial charge in [-0.05, 0) is 25.7 Å². The van der Waals surface area contributed by atoms with Gasteiger partial charge in [0.25, 0.3) is 5.91 Å². The zero-order valence-corrected chi connectivity index (χ0v) is 13.4. The number of nitrogens with one attached hydrogen (secondary N) is 1. The molecule has 1 aliphatic carbocycles. The summed E-state index contributed by atoms with van der Waals surface area (Å²) in [5, 5.41) is 3.88. The first-order valence-electron chi connectivity index (χ1n) is 7.52. The molecule has 1 amide bonds. The molecule has 0 radical (unpaired) electrons. The maximum atomic E-state index is 12.4. The third-order valence-electron chi connectivity index (χ3n) is 3.96. The molecule has 0 atom stereocenters. The molecule has 0 unspecified atom stereocenters. The fourth-order valence-corrected chi connectivity index (χ4v) is 3.65. The summed E-state index contributed by atoms with van der Waals surface area (Å²) in [6.07, 6.45) is 10.0. The first-order valence-corrected chi connectivity index (χ1v) is 8.34. The van der Waals surface area contributed by atoms with Crippen molar-refractivity contribution in [2.24, 2.45) is 0 Å². The van der Waals surface area contributed by atoms with Gasteiger partial charge in [-0.25, -0.2) is 4.98 Å². The highest BCUT2D eigenvalue weighted by molar-refractivity contribution is 7.17. The number of hydrogen-bond acceptors (Lipinski definition) is 3. The lowest BCUT2D eigenvalue weighted by atomic mass is 10.2. The van der Waals surface area contributed by atoms with Crippen LogP contribution in [0.1, 0.15) is 46.6 Å². The summed E-state index contributed by atoms with van der Waals surface area (Å²) in [4.78, 5) is 17.4. The molecule has 1 aliphatic rings. The second kappa shape index (κ2) is 6.33. The van der Waals surface area contributed by atoms with Crippen LogP contribution in [0.4, 0.5) is 0 Å². The van der Waals surface area contributed by atoms with Gasteiger partial charge in [-0.1, -0.05) is 42.7 Å². The van der Waals surface area contributed by atoms with Crippen LogP contribution >= 0.6 is 11.3 Å². The van der Waals surface area contributed by atoms with Gasteiger partial charge in [0.05, 0.1) is 0 Å². The summed E-state index contributed by atoms with van der Waals surface area (Å²) in [6.45, 7) is 2.04. The number of benzene rings is 1. The minimum absolute atomic E-state index is 0.0873. The van der Waals surface area contributed by atoms with Crippen molar-refractivity contribution in [2.75, 3.05) is 0 Å². The van der Waals surface area contributed by atoms with Crippen LogP contribution in [0.2, 0.25) is 0 Å². The average Bonchev–Trinajstić information content (AvgIpc) is 3.17. The standard InChI is InChI=1S/C18H18N2OS/c1-3-15-16(17(21)19-14-6-4-5-7-14)22-18(20-15)13-10-8-12(2)9-11-13/h1,8-11,14H,4-7H2,2H3,(H,19,21). The van der Waals surface area contributed by atoms with Crippen LogP contribution in [0, 0.1) is 19.3 Å². The van der Waals surface area contributed by atoms with Crippen molar-refractivity contribution in [2.45, 2.75) is 38.6 Å². The van der Waals surface area contributed by atoms with E-state index in [1.165, 1.54) is 29.7 Å². The van der Waals surface area contributed by atoms with Gasteiger partial charge < -0.3 is 5.32 Å². The molecule has 112 valence electrons. The van der Waals surface area contributed by atoms with E-state index in [0.717, 1.165) is 23.4 Å². The van der Waals surface area contributed by atoms with Crippen molar-refractivity contribution in [1.82, 2.24) is 10.3 Å². The summed E-state index contributed by atoms with van der Waals surface area (Å²) in [6, 6.07) is 8.36. The van der Waals surface area contributed by atoms with E-state index < -0.39 is 0 Å². The number of carbonyl (C=O) groups excluding carboxylic acids is 1. The Morgan fingerprint density at radius 3 is 2.64 bits per heavy atom. The zero-order chi connectivity index (χ0) is 15.5. The van der Waals surface area contributed by atoms with Crippen molar-refractivity contribution >= 4 is 17.2 Å². The molecule has 1 heterocycles. The molecular formula is C18H18N2OS. The van der Waals surface area contributed by atoms with E-state index in [1.807, 2.05) is 31.2 Å². The number of aryl methyl sites for hydroxylation is 1. The van der Waals surface area contributed by atoms with E-state index >= 15 is 0 Å². The fourth-order valence-electron chi connectivity index (χ4n) is 2.71. The minimum atomic E-state index is -0.0873. The molecule has 0 aliphatic heterocycles. The van der Waals surface area contributed by atoms with Crippen LogP contribution < -0.4 is 5.32 Å². The molecule has 0 saturated heterocycles. The maximum Gasteiger partial charge on any atom is 0.264 e. The van der Waals surface area contributed by atoms with Crippen LogP contribution in [0.3, 0.4) is 0 Å². The van der Waals surface area contributed by atoms with Crippen molar-refractivity contribution in [1.29, 1.82) is 0 Å². The number of nitrogens with zero attached hydrogens (tertiary/aromatic N) is 1. The second-order valence-corrected chi connectivity index (χ2v) is 6.66. The van der Waals surface area contributed by atoms with Gasteiger partial charge in [0, 0.05) is 11.6 Å². The predicted octanol–water partition coefficient (Wildman–Crippen LogP) is 3.77. The molecule has 0 spiro atoms. The lowest BCUT2D eigenvalue weighted by molar-refractivity contribution is 0.0941. The second-order valence-electron chi connectivity index (χ2n) is 5.66. The molecule has 4 heteroatoms. The van der Waals surface area contributed by atoms with Crippen LogP contribution in [0.25, 0.3) is 10.6 Å². The molecule has 2 aromatic rings. The first kappa shape index (κ1) is 14.8. The molecule has 3 nitrogen and oxygen atoms in total.